The highest BCUT2D eigenvalue weighted by Gasteiger charge is 2.38. The highest BCUT2D eigenvalue weighted by molar-refractivity contribution is 5.98. The lowest BCUT2D eigenvalue weighted by atomic mass is 9.78. The van der Waals surface area contributed by atoms with Gasteiger partial charge in [-0.3, -0.25) is 4.79 Å². The van der Waals surface area contributed by atoms with Crippen molar-refractivity contribution in [1.29, 1.82) is 1.43 Å². The van der Waals surface area contributed by atoms with Gasteiger partial charge in [0.2, 0.25) is 1.43 Å². The minimum atomic E-state index is -0.400. The number of methoxy groups -OCH3 is 1. The topological polar surface area (TPSA) is 46.5 Å². The van der Waals surface area contributed by atoms with Crippen molar-refractivity contribution in [3.05, 3.63) is 11.1 Å². The molecule has 0 radical (unpaired) electrons. The molecular weight excluding hydrogens is 240 g/mol. The van der Waals surface area contributed by atoms with Gasteiger partial charge in [0.25, 0.3) is 0 Å². The summed E-state index contributed by atoms with van der Waals surface area (Å²) in [5, 5.41) is 4.82. The van der Waals surface area contributed by atoms with E-state index in [0.717, 1.165) is 30.4 Å². The standard InChI is InChI=1S/C16H28O3/c1-10(2)7-6-8-11(3)14-13(17)9-12(4)15(18)16(14)19-5/h10,12,15-16,18H,6-9H2,1-5H3/t12-,15-,16+/m1/s1/i18T. The minimum absolute atomic E-state index is 0.0252. The van der Waals surface area contributed by atoms with Crippen LogP contribution in [0, 0.1) is 11.8 Å². The number of Topliss-reactive ketones (excluding diaryl/α,β-unsaturated/α-hetero) is 1. The Labute approximate surface area is 118 Å². The van der Waals surface area contributed by atoms with Crippen LogP contribution in [0.4, 0.5) is 0 Å². The number of hydrogen-bond acceptors (Lipinski definition) is 3. The quantitative estimate of drug-likeness (QED) is 0.754. The van der Waals surface area contributed by atoms with Crippen LogP contribution >= 0.6 is 0 Å². The van der Waals surface area contributed by atoms with Gasteiger partial charge in [0.15, 0.2) is 5.78 Å². The molecule has 0 bridgehead atoms. The molecule has 1 aliphatic carbocycles. The predicted molar refractivity (Wildman–Crippen MR) is 77.0 cm³/mol. The first-order valence-corrected chi connectivity index (χ1v) is 7.29. The third-order valence-corrected chi connectivity index (χ3v) is 4.00. The number of ketones is 1. The van der Waals surface area contributed by atoms with Gasteiger partial charge in [-0.1, -0.05) is 32.8 Å². The van der Waals surface area contributed by atoms with Crippen molar-refractivity contribution in [2.24, 2.45) is 11.8 Å². The highest BCUT2D eigenvalue weighted by atomic mass is 16.5. The molecule has 110 valence electrons. The van der Waals surface area contributed by atoms with E-state index in [1.807, 2.05) is 13.8 Å². The Hall–Kier alpha value is -0.670. The van der Waals surface area contributed by atoms with Crippen molar-refractivity contribution >= 4 is 5.78 Å². The van der Waals surface area contributed by atoms with E-state index in [-0.39, 0.29) is 17.8 Å². The molecule has 3 atom stereocenters. The Morgan fingerprint density at radius 3 is 2.79 bits per heavy atom. The van der Waals surface area contributed by atoms with E-state index in [0.29, 0.717) is 12.3 Å². The maximum absolute atomic E-state index is 12.3. The van der Waals surface area contributed by atoms with Crippen molar-refractivity contribution in [2.75, 3.05) is 7.11 Å². The zero-order chi connectivity index (χ0) is 15.3. The van der Waals surface area contributed by atoms with Crippen molar-refractivity contribution in [1.82, 2.24) is 0 Å². The van der Waals surface area contributed by atoms with E-state index in [2.05, 4.69) is 13.8 Å². The van der Waals surface area contributed by atoms with Gasteiger partial charge < -0.3 is 9.85 Å². The third kappa shape index (κ3) is 4.15. The van der Waals surface area contributed by atoms with Crippen molar-refractivity contribution in [3.8, 4) is 0 Å². The van der Waals surface area contributed by atoms with Crippen LogP contribution in [0.3, 0.4) is 0 Å². The molecule has 3 heteroatoms. The predicted octanol–water partition coefficient (Wildman–Crippen LogP) is 3.11. The molecule has 0 unspecified atom stereocenters. The monoisotopic (exact) mass is 270 g/mol. The van der Waals surface area contributed by atoms with Crippen LogP contribution in [0.25, 0.3) is 0 Å². The molecule has 3 nitrogen and oxygen atoms in total. The van der Waals surface area contributed by atoms with Gasteiger partial charge in [0, 0.05) is 19.1 Å². The molecule has 0 spiro atoms. The number of hydrogen-bond donors (Lipinski definition) is 1. The first-order valence-electron chi connectivity index (χ1n) is 7.70. The molecule has 0 aliphatic heterocycles. The lowest BCUT2D eigenvalue weighted by Gasteiger charge is -2.34. The third-order valence-electron chi connectivity index (χ3n) is 4.00. The molecule has 0 heterocycles. The number of allylic oxidation sites excluding steroid dienone is 1. The fraction of sp³-hybridized carbons (Fsp3) is 0.812. The van der Waals surface area contributed by atoms with E-state index in [1.165, 1.54) is 0 Å². The molecule has 0 aromatic carbocycles. The number of carbonyl (C=O) groups excluding carboxylic acids is 1. The number of carbonyl (C=O) groups is 1. The summed E-state index contributed by atoms with van der Waals surface area (Å²) in [6, 6.07) is 0. The van der Waals surface area contributed by atoms with E-state index >= 15 is 0 Å². The van der Waals surface area contributed by atoms with E-state index < -0.39 is 6.10 Å². The summed E-state index contributed by atoms with van der Waals surface area (Å²) < 4.78 is 12.7. The maximum Gasteiger partial charge on any atom is 0.211 e. The second kappa shape index (κ2) is 7.20. The van der Waals surface area contributed by atoms with Crippen LogP contribution in [0.15, 0.2) is 11.1 Å². The summed E-state index contributed by atoms with van der Waals surface area (Å²) in [6.07, 6.45) is 2.85. The Balaban J connectivity index is 2.89. The average Bonchev–Trinajstić information content (AvgIpc) is 2.36. The molecule has 0 aromatic heterocycles. The van der Waals surface area contributed by atoms with E-state index in [1.54, 1.807) is 7.11 Å². The smallest absolute Gasteiger partial charge is 0.211 e. The van der Waals surface area contributed by atoms with Crippen LogP contribution in [0.2, 0.25) is 0 Å². The summed E-state index contributed by atoms with van der Waals surface area (Å²) in [4.78, 5) is 12.3. The number of rotatable bonds is 6. The zero-order valence-electron chi connectivity index (χ0n) is 13.9. The van der Waals surface area contributed by atoms with Crippen LogP contribution in [0.5, 0.6) is 0 Å². The van der Waals surface area contributed by atoms with Gasteiger partial charge in [-0.25, -0.2) is 0 Å². The van der Waals surface area contributed by atoms with Gasteiger partial charge in [-0.2, -0.15) is 0 Å². The summed E-state index contributed by atoms with van der Waals surface area (Å²) in [5.74, 6) is 0.856. The van der Waals surface area contributed by atoms with Crippen LogP contribution in [-0.2, 0) is 9.53 Å². The molecule has 1 aliphatic rings. The molecule has 1 saturated carbocycles. The molecule has 0 amide bonds. The van der Waals surface area contributed by atoms with Gasteiger partial charge in [0.1, 0.15) is 6.10 Å². The largest absolute Gasteiger partial charge is 0.390 e. The zero-order valence-corrected chi connectivity index (χ0v) is 12.9. The van der Waals surface area contributed by atoms with Gasteiger partial charge >= 0.3 is 0 Å². The Bertz CT molecular complexity index is 363. The lowest BCUT2D eigenvalue weighted by molar-refractivity contribution is -0.125. The number of aliphatic hydroxyl groups excluding tert-OH is 1. The Morgan fingerprint density at radius 2 is 2.26 bits per heavy atom. The summed E-state index contributed by atoms with van der Waals surface area (Å²) in [5.41, 5.74) is 1.84. The molecule has 1 rings (SSSR count). The molecule has 0 saturated heterocycles. The second-order valence-corrected chi connectivity index (χ2v) is 6.21. The summed E-state index contributed by atoms with van der Waals surface area (Å²) in [6.45, 7) is 8.36. The van der Waals surface area contributed by atoms with Crippen LogP contribution < -0.4 is 0 Å². The number of aliphatic hydroxyl groups is 1. The summed E-state index contributed by atoms with van der Waals surface area (Å²) >= 11 is 0. The van der Waals surface area contributed by atoms with E-state index in [9.17, 15) is 4.79 Å². The van der Waals surface area contributed by atoms with Gasteiger partial charge in [-0.15, -0.1) is 0 Å². The maximum atomic E-state index is 12.3. The van der Waals surface area contributed by atoms with Gasteiger partial charge in [-0.05, 0) is 31.6 Å². The first-order chi connectivity index (χ1) is 9.42. The lowest BCUT2D eigenvalue weighted by Crippen LogP contribution is -2.43. The Kier molecular flexibility index (Phi) is 5.59. The molecule has 1 fully saturated rings. The van der Waals surface area contributed by atoms with Crippen molar-refractivity contribution in [2.45, 2.75) is 65.6 Å². The second-order valence-electron chi connectivity index (χ2n) is 6.21. The Morgan fingerprint density at radius 1 is 1.58 bits per heavy atom. The minimum Gasteiger partial charge on any atom is -0.390 e. The molecule has 1 N–H and O–H groups in total. The fourth-order valence-electron chi connectivity index (χ4n) is 2.78. The molecule has 19 heavy (non-hydrogen) atoms. The summed E-state index contributed by atoms with van der Waals surface area (Å²) in [7, 11) is 1.59. The van der Waals surface area contributed by atoms with E-state index in [4.69, 9.17) is 11.3 Å². The normalized spacial score (nSPS) is 31.6. The molecular formula is C16H28O3. The SMILES string of the molecule is [3H]O[C@@H]1[C@H](C)CC(=O)C(=C(C)CCCC(C)C)[C@@H]1OC. The van der Waals surface area contributed by atoms with Crippen molar-refractivity contribution < 1.29 is 14.6 Å². The fourth-order valence-corrected chi connectivity index (χ4v) is 2.78. The molecule has 0 aromatic rings. The van der Waals surface area contributed by atoms with Crippen LogP contribution in [0.1, 0.15) is 53.4 Å². The van der Waals surface area contributed by atoms with Crippen LogP contribution in [-0.4, -0.2) is 31.6 Å². The average molecular weight is 270 g/mol. The van der Waals surface area contributed by atoms with Gasteiger partial charge in [0.05, 0.1) is 6.10 Å². The highest BCUT2D eigenvalue weighted by Crippen LogP contribution is 2.31. The van der Waals surface area contributed by atoms with Crippen molar-refractivity contribution in [3.63, 3.8) is 0 Å². The first kappa shape index (κ1) is 14.7. The number of ether oxygens (including phenoxy) is 1.